The Morgan fingerprint density at radius 3 is 2.38 bits per heavy atom. The number of aryl methyl sites for hydroxylation is 2. The fraction of sp³-hybridized carbons (Fsp3) is 0.235. The van der Waals surface area contributed by atoms with Crippen LogP contribution >= 0.6 is 0 Å². The van der Waals surface area contributed by atoms with E-state index in [-0.39, 0.29) is 11.6 Å². The molecule has 0 saturated carbocycles. The van der Waals surface area contributed by atoms with Gasteiger partial charge in [0.25, 0.3) is 5.91 Å². The Morgan fingerprint density at radius 1 is 1.14 bits per heavy atom. The van der Waals surface area contributed by atoms with Gasteiger partial charge in [0, 0.05) is 0 Å². The minimum atomic E-state index is -0.717. The maximum absolute atomic E-state index is 13.5. The minimum Gasteiger partial charge on any atom is -0.481 e. The third kappa shape index (κ3) is 4.05. The molecule has 2 aromatic carbocycles. The third-order valence-electron chi connectivity index (χ3n) is 3.01. The van der Waals surface area contributed by atoms with E-state index in [1.54, 1.807) is 19.1 Å². The topological polar surface area (TPSA) is 38.3 Å². The number of hydrogen-bond donors (Lipinski definition) is 1. The second-order valence-corrected chi connectivity index (χ2v) is 5.05. The van der Waals surface area contributed by atoms with Gasteiger partial charge in [-0.1, -0.05) is 18.2 Å². The highest BCUT2D eigenvalue weighted by Gasteiger charge is 2.16. The van der Waals surface area contributed by atoms with Crippen LogP contribution in [0.2, 0.25) is 0 Å². The SMILES string of the molecule is Cc1cc(C)cc(O[C@H](C)C(=O)Nc2ccccc2F)c1. The molecule has 2 rings (SSSR count). The zero-order valence-electron chi connectivity index (χ0n) is 12.3. The Morgan fingerprint density at radius 2 is 1.76 bits per heavy atom. The lowest BCUT2D eigenvalue weighted by Crippen LogP contribution is -2.30. The number of carbonyl (C=O) groups is 1. The molecule has 1 N–H and O–H groups in total. The smallest absolute Gasteiger partial charge is 0.265 e. The van der Waals surface area contributed by atoms with Gasteiger partial charge in [-0.3, -0.25) is 4.79 Å². The zero-order chi connectivity index (χ0) is 15.4. The van der Waals surface area contributed by atoms with Crippen molar-refractivity contribution >= 4 is 11.6 Å². The van der Waals surface area contributed by atoms with Crippen LogP contribution < -0.4 is 10.1 Å². The Kier molecular flexibility index (Phi) is 4.58. The van der Waals surface area contributed by atoms with Gasteiger partial charge in [-0.2, -0.15) is 0 Å². The standard InChI is InChI=1S/C17H18FNO2/c1-11-8-12(2)10-14(9-11)21-13(3)17(20)19-16-7-5-4-6-15(16)18/h4-10,13H,1-3H3,(H,19,20)/t13-/m1/s1. The molecular formula is C17H18FNO2. The third-order valence-corrected chi connectivity index (χ3v) is 3.01. The summed E-state index contributed by atoms with van der Waals surface area (Å²) in [7, 11) is 0. The summed E-state index contributed by atoms with van der Waals surface area (Å²) in [6, 6.07) is 11.8. The van der Waals surface area contributed by atoms with Crippen molar-refractivity contribution in [3.63, 3.8) is 0 Å². The van der Waals surface area contributed by atoms with Crippen molar-refractivity contribution in [2.24, 2.45) is 0 Å². The summed E-state index contributed by atoms with van der Waals surface area (Å²) in [5.74, 6) is -0.229. The lowest BCUT2D eigenvalue weighted by atomic mass is 10.1. The summed E-state index contributed by atoms with van der Waals surface area (Å²) in [6.45, 7) is 5.56. The quantitative estimate of drug-likeness (QED) is 0.927. The van der Waals surface area contributed by atoms with Gasteiger partial charge in [-0.15, -0.1) is 0 Å². The van der Waals surface area contributed by atoms with Crippen molar-refractivity contribution in [3.05, 3.63) is 59.4 Å². The van der Waals surface area contributed by atoms with E-state index in [1.807, 2.05) is 32.0 Å². The van der Waals surface area contributed by atoms with E-state index >= 15 is 0 Å². The number of ether oxygens (including phenoxy) is 1. The molecule has 0 aliphatic carbocycles. The predicted molar refractivity (Wildman–Crippen MR) is 81.0 cm³/mol. The van der Waals surface area contributed by atoms with E-state index in [9.17, 15) is 9.18 Å². The first-order chi connectivity index (χ1) is 9.95. The average molecular weight is 287 g/mol. The lowest BCUT2D eigenvalue weighted by molar-refractivity contribution is -0.122. The maximum Gasteiger partial charge on any atom is 0.265 e. The summed E-state index contributed by atoms with van der Waals surface area (Å²) in [4.78, 5) is 12.0. The first kappa shape index (κ1) is 15.0. The zero-order valence-corrected chi connectivity index (χ0v) is 12.3. The molecule has 110 valence electrons. The molecule has 21 heavy (non-hydrogen) atoms. The van der Waals surface area contributed by atoms with Gasteiger partial charge >= 0.3 is 0 Å². The van der Waals surface area contributed by atoms with E-state index in [2.05, 4.69) is 5.32 Å². The molecule has 0 unspecified atom stereocenters. The molecule has 1 atom stereocenters. The summed E-state index contributed by atoms with van der Waals surface area (Å²) in [5, 5.41) is 2.52. The van der Waals surface area contributed by atoms with Crippen LogP contribution in [0.5, 0.6) is 5.75 Å². The van der Waals surface area contributed by atoms with E-state index in [1.165, 1.54) is 12.1 Å². The van der Waals surface area contributed by atoms with E-state index in [0.29, 0.717) is 5.75 Å². The molecule has 0 saturated heterocycles. The summed E-state index contributed by atoms with van der Waals surface area (Å²) >= 11 is 0. The van der Waals surface area contributed by atoms with E-state index in [4.69, 9.17) is 4.74 Å². The largest absolute Gasteiger partial charge is 0.481 e. The molecule has 2 aromatic rings. The number of nitrogens with one attached hydrogen (secondary N) is 1. The number of rotatable bonds is 4. The normalized spacial score (nSPS) is 11.8. The van der Waals surface area contributed by atoms with Crippen LogP contribution in [0, 0.1) is 19.7 Å². The molecule has 0 spiro atoms. The fourth-order valence-electron chi connectivity index (χ4n) is 2.06. The van der Waals surface area contributed by atoms with Gasteiger partial charge < -0.3 is 10.1 Å². The van der Waals surface area contributed by atoms with Crippen LogP contribution in [-0.4, -0.2) is 12.0 Å². The van der Waals surface area contributed by atoms with Crippen molar-refractivity contribution in [2.75, 3.05) is 5.32 Å². The highest BCUT2D eigenvalue weighted by Crippen LogP contribution is 2.18. The number of carbonyl (C=O) groups excluding carboxylic acids is 1. The van der Waals surface area contributed by atoms with Crippen LogP contribution in [-0.2, 0) is 4.79 Å². The molecule has 0 aliphatic rings. The van der Waals surface area contributed by atoms with Crippen LogP contribution in [0.15, 0.2) is 42.5 Å². The Balaban J connectivity index is 2.04. The Hall–Kier alpha value is -2.36. The highest BCUT2D eigenvalue weighted by atomic mass is 19.1. The van der Waals surface area contributed by atoms with Gasteiger partial charge in [-0.05, 0) is 56.2 Å². The van der Waals surface area contributed by atoms with Gasteiger partial charge in [0.05, 0.1) is 5.69 Å². The summed E-state index contributed by atoms with van der Waals surface area (Å²) in [5.41, 5.74) is 2.27. The molecule has 3 nitrogen and oxygen atoms in total. The molecule has 0 bridgehead atoms. The number of amides is 1. The van der Waals surface area contributed by atoms with Crippen LogP contribution in [0.25, 0.3) is 0 Å². The predicted octanol–water partition coefficient (Wildman–Crippen LogP) is 3.85. The molecule has 0 heterocycles. The second-order valence-electron chi connectivity index (χ2n) is 5.05. The van der Waals surface area contributed by atoms with E-state index < -0.39 is 11.9 Å². The number of anilines is 1. The molecule has 0 aromatic heterocycles. The van der Waals surface area contributed by atoms with Crippen molar-refractivity contribution in [1.29, 1.82) is 0 Å². The van der Waals surface area contributed by atoms with Crippen LogP contribution in [0.1, 0.15) is 18.1 Å². The first-order valence-electron chi connectivity index (χ1n) is 6.76. The molecule has 0 aliphatic heterocycles. The molecule has 4 heteroatoms. The molecule has 1 amide bonds. The first-order valence-corrected chi connectivity index (χ1v) is 6.76. The van der Waals surface area contributed by atoms with Crippen LogP contribution in [0.4, 0.5) is 10.1 Å². The Labute approximate surface area is 123 Å². The van der Waals surface area contributed by atoms with Crippen LogP contribution in [0.3, 0.4) is 0 Å². The highest BCUT2D eigenvalue weighted by molar-refractivity contribution is 5.94. The van der Waals surface area contributed by atoms with Crippen molar-refractivity contribution < 1.29 is 13.9 Å². The van der Waals surface area contributed by atoms with Gasteiger partial charge in [-0.25, -0.2) is 4.39 Å². The molecular weight excluding hydrogens is 269 g/mol. The summed E-state index contributed by atoms with van der Waals surface area (Å²) < 4.78 is 19.1. The van der Waals surface area contributed by atoms with Gasteiger partial charge in [0.15, 0.2) is 6.10 Å². The lowest BCUT2D eigenvalue weighted by Gasteiger charge is -2.16. The number of hydrogen-bond acceptors (Lipinski definition) is 2. The van der Waals surface area contributed by atoms with Crippen molar-refractivity contribution in [1.82, 2.24) is 0 Å². The second kappa shape index (κ2) is 6.39. The Bertz CT molecular complexity index is 635. The number of para-hydroxylation sites is 1. The minimum absolute atomic E-state index is 0.151. The molecule has 0 fully saturated rings. The van der Waals surface area contributed by atoms with E-state index in [0.717, 1.165) is 11.1 Å². The average Bonchev–Trinajstić information content (AvgIpc) is 2.40. The van der Waals surface area contributed by atoms with Gasteiger partial charge in [0.1, 0.15) is 11.6 Å². The maximum atomic E-state index is 13.5. The van der Waals surface area contributed by atoms with Gasteiger partial charge in [0.2, 0.25) is 0 Å². The summed E-state index contributed by atoms with van der Waals surface area (Å²) in [6.07, 6.45) is -0.717. The number of benzene rings is 2. The van der Waals surface area contributed by atoms with Crippen molar-refractivity contribution in [3.8, 4) is 5.75 Å². The van der Waals surface area contributed by atoms with Crippen molar-refractivity contribution in [2.45, 2.75) is 26.9 Å². The number of halogens is 1. The fourth-order valence-corrected chi connectivity index (χ4v) is 2.06. The monoisotopic (exact) mass is 287 g/mol. The molecule has 0 radical (unpaired) electrons.